The van der Waals surface area contributed by atoms with Gasteiger partial charge in [0, 0.05) is 25.2 Å². The van der Waals surface area contributed by atoms with Gasteiger partial charge in [-0.25, -0.2) is 12.7 Å². The third kappa shape index (κ3) is 4.58. The number of nitrogens with zero attached hydrogens (tertiary/aromatic N) is 1. The number of piperidine rings is 1. The van der Waals surface area contributed by atoms with Gasteiger partial charge in [-0.2, -0.15) is 0 Å². The van der Waals surface area contributed by atoms with Crippen molar-refractivity contribution in [1.82, 2.24) is 14.9 Å². The van der Waals surface area contributed by atoms with Crippen molar-refractivity contribution in [3.63, 3.8) is 0 Å². The molecule has 7 nitrogen and oxygen atoms in total. The number of amides is 1. The van der Waals surface area contributed by atoms with Gasteiger partial charge < -0.3 is 16.4 Å². The molecule has 0 radical (unpaired) electrons. The predicted molar refractivity (Wildman–Crippen MR) is 102 cm³/mol. The monoisotopic (exact) mass is 386 g/mol. The number of fused-ring (bicyclic) bond motifs is 1. The van der Waals surface area contributed by atoms with Crippen LogP contribution in [-0.2, 0) is 14.8 Å². The second-order valence-electron chi connectivity index (χ2n) is 8.29. The predicted octanol–water partition coefficient (Wildman–Crippen LogP) is 0.412. The molecule has 8 heteroatoms. The van der Waals surface area contributed by atoms with Crippen molar-refractivity contribution in [2.45, 2.75) is 70.0 Å². The Morgan fingerprint density at radius 1 is 1.23 bits per heavy atom. The SMILES string of the molecule is CC1CCCC2CC(C(=O)NC3CCN(S(=O)(=O)CCCN)CC3)NC12. The maximum atomic E-state index is 12.7. The third-order valence-corrected chi connectivity index (χ3v) is 8.36. The van der Waals surface area contributed by atoms with Crippen molar-refractivity contribution in [1.29, 1.82) is 0 Å². The normalized spacial score (nSPS) is 33.8. The molecule has 1 saturated carbocycles. The standard InChI is InChI=1S/C18H34N4O3S/c1-13-4-2-5-14-12-16(21-17(13)14)18(23)20-15-6-9-22(10-7-15)26(24,25)11-3-8-19/h13-17,21H,2-12,19H2,1H3,(H,20,23). The van der Waals surface area contributed by atoms with Crippen LogP contribution in [-0.4, -0.2) is 62.1 Å². The highest BCUT2D eigenvalue weighted by atomic mass is 32.2. The minimum Gasteiger partial charge on any atom is -0.352 e. The van der Waals surface area contributed by atoms with Crippen LogP contribution >= 0.6 is 0 Å². The summed E-state index contributed by atoms with van der Waals surface area (Å²) < 4.78 is 26.0. The zero-order valence-corrected chi connectivity index (χ0v) is 16.6. The number of sulfonamides is 1. The second kappa shape index (κ2) is 8.54. The number of rotatable bonds is 6. The lowest BCUT2D eigenvalue weighted by atomic mass is 9.78. The van der Waals surface area contributed by atoms with E-state index in [9.17, 15) is 13.2 Å². The van der Waals surface area contributed by atoms with Gasteiger partial charge in [0.05, 0.1) is 11.8 Å². The molecule has 0 bridgehead atoms. The molecule has 3 rings (SSSR count). The molecule has 4 N–H and O–H groups in total. The molecule has 0 aromatic carbocycles. The van der Waals surface area contributed by atoms with E-state index in [-0.39, 0.29) is 23.7 Å². The van der Waals surface area contributed by atoms with Crippen molar-refractivity contribution in [3.05, 3.63) is 0 Å². The van der Waals surface area contributed by atoms with E-state index < -0.39 is 10.0 Å². The lowest BCUT2D eigenvalue weighted by molar-refractivity contribution is -0.123. The summed E-state index contributed by atoms with van der Waals surface area (Å²) in [6, 6.07) is 0.469. The van der Waals surface area contributed by atoms with Crippen LogP contribution in [0.4, 0.5) is 0 Å². The van der Waals surface area contributed by atoms with Gasteiger partial charge in [0.25, 0.3) is 0 Å². The van der Waals surface area contributed by atoms with Crippen LogP contribution < -0.4 is 16.4 Å². The smallest absolute Gasteiger partial charge is 0.237 e. The van der Waals surface area contributed by atoms with Crippen LogP contribution in [0.3, 0.4) is 0 Å². The van der Waals surface area contributed by atoms with Gasteiger partial charge in [0.2, 0.25) is 15.9 Å². The Hall–Kier alpha value is -0.700. The highest BCUT2D eigenvalue weighted by Gasteiger charge is 2.41. The molecule has 0 aromatic heterocycles. The first-order valence-electron chi connectivity index (χ1n) is 10.1. The third-order valence-electron chi connectivity index (χ3n) is 6.40. The van der Waals surface area contributed by atoms with Gasteiger partial charge in [-0.05, 0) is 56.9 Å². The summed E-state index contributed by atoms with van der Waals surface area (Å²) in [6.07, 6.45) is 6.55. The van der Waals surface area contributed by atoms with E-state index in [0.29, 0.717) is 56.8 Å². The lowest BCUT2D eigenvalue weighted by Crippen LogP contribution is -2.51. The second-order valence-corrected chi connectivity index (χ2v) is 10.4. The summed E-state index contributed by atoms with van der Waals surface area (Å²) in [5.74, 6) is 1.49. The van der Waals surface area contributed by atoms with E-state index in [1.807, 2.05) is 0 Å². The van der Waals surface area contributed by atoms with Gasteiger partial charge in [0.1, 0.15) is 0 Å². The highest BCUT2D eigenvalue weighted by Crippen LogP contribution is 2.36. The summed E-state index contributed by atoms with van der Waals surface area (Å²) in [7, 11) is -3.21. The topological polar surface area (TPSA) is 105 Å². The molecule has 150 valence electrons. The summed E-state index contributed by atoms with van der Waals surface area (Å²) in [4.78, 5) is 12.7. The summed E-state index contributed by atoms with van der Waals surface area (Å²) >= 11 is 0. The van der Waals surface area contributed by atoms with E-state index >= 15 is 0 Å². The fourth-order valence-corrected chi connectivity index (χ4v) is 6.41. The molecule has 2 saturated heterocycles. The Labute approximate surface area is 157 Å². The molecule has 3 fully saturated rings. The van der Waals surface area contributed by atoms with Crippen molar-refractivity contribution >= 4 is 15.9 Å². The van der Waals surface area contributed by atoms with Gasteiger partial charge in [0.15, 0.2) is 0 Å². The van der Waals surface area contributed by atoms with Crippen LogP contribution in [0.5, 0.6) is 0 Å². The number of carbonyl (C=O) groups excluding carboxylic acids is 1. The number of hydrogen-bond donors (Lipinski definition) is 3. The molecule has 1 aliphatic carbocycles. The quantitative estimate of drug-likeness (QED) is 0.613. The summed E-state index contributed by atoms with van der Waals surface area (Å²) in [6.45, 7) is 3.64. The fourth-order valence-electron chi connectivity index (χ4n) is 4.85. The molecule has 1 amide bonds. The van der Waals surface area contributed by atoms with Crippen LogP contribution in [0.2, 0.25) is 0 Å². The van der Waals surface area contributed by atoms with Crippen molar-refractivity contribution < 1.29 is 13.2 Å². The average Bonchev–Trinajstić information content (AvgIpc) is 3.06. The Balaban J connectivity index is 1.45. The Kier molecular flexibility index (Phi) is 6.59. The molecule has 26 heavy (non-hydrogen) atoms. The first kappa shape index (κ1) is 20.0. The van der Waals surface area contributed by atoms with Crippen LogP contribution in [0.1, 0.15) is 51.9 Å². The molecule has 0 aromatic rings. The first-order valence-corrected chi connectivity index (χ1v) is 11.8. The fraction of sp³-hybridized carbons (Fsp3) is 0.944. The van der Waals surface area contributed by atoms with E-state index in [1.54, 1.807) is 4.31 Å². The lowest BCUT2D eigenvalue weighted by Gasteiger charge is -2.32. The molecule has 2 heterocycles. The molecule has 4 atom stereocenters. The van der Waals surface area contributed by atoms with E-state index in [4.69, 9.17) is 5.73 Å². The molecule has 4 unspecified atom stereocenters. The molecular formula is C18H34N4O3S. The zero-order chi connectivity index (χ0) is 18.7. The van der Waals surface area contributed by atoms with Gasteiger partial charge in [-0.3, -0.25) is 4.79 Å². The number of carbonyl (C=O) groups is 1. The average molecular weight is 387 g/mol. The molecule has 0 spiro atoms. The summed E-state index contributed by atoms with van der Waals surface area (Å²) in [5, 5.41) is 6.72. The van der Waals surface area contributed by atoms with Crippen molar-refractivity contribution in [3.8, 4) is 0 Å². The minimum atomic E-state index is -3.21. The van der Waals surface area contributed by atoms with Crippen molar-refractivity contribution in [2.75, 3.05) is 25.4 Å². The van der Waals surface area contributed by atoms with Crippen LogP contribution in [0.15, 0.2) is 0 Å². The summed E-state index contributed by atoms with van der Waals surface area (Å²) in [5.41, 5.74) is 5.42. The number of nitrogens with one attached hydrogen (secondary N) is 2. The van der Waals surface area contributed by atoms with Gasteiger partial charge in [-0.15, -0.1) is 0 Å². The highest BCUT2D eigenvalue weighted by molar-refractivity contribution is 7.89. The maximum Gasteiger partial charge on any atom is 0.237 e. The largest absolute Gasteiger partial charge is 0.352 e. The van der Waals surface area contributed by atoms with E-state index in [0.717, 1.165) is 6.42 Å². The first-order chi connectivity index (χ1) is 12.4. The Morgan fingerprint density at radius 3 is 2.62 bits per heavy atom. The molecule has 3 aliphatic rings. The van der Waals surface area contributed by atoms with Crippen LogP contribution in [0.25, 0.3) is 0 Å². The zero-order valence-electron chi connectivity index (χ0n) is 15.8. The molecule has 2 aliphatic heterocycles. The van der Waals surface area contributed by atoms with Gasteiger partial charge >= 0.3 is 0 Å². The Bertz CT molecular complexity index is 589. The number of hydrogen-bond acceptors (Lipinski definition) is 5. The Morgan fingerprint density at radius 2 is 1.96 bits per heavy atom. The van der Waals surface area contributed by atoms with Gasteiger partial charge in [-0.1, -0.05) is 13.3 Å². The maximum absolute atomic E-state index is 12.7. The van der Waals surface area contributed by atoms with Crippen molar-refractivity contribution in [2.24, 2.45) is 17.6 Å². The van der Waals surface area contributed by atoms with Crippen LogP contribution in [0, 0.1) is 11.8 Å². The minimum absolute atomic E-state index is 0.0744. The molecular weight excluding hydrogens is 352 g/mol. The van der Waals surface area contributed by atoms with E-state index in [2.05, 4.69) is 17.6 Å². The van der Waals surface area contributed by atoms with E-state index in [1.165, 1.54) is 19.3 Å². The number of nitrogens with two attached hydrogens (primary N) is 1.